The molecule has 0 radical (unpaired) electrons. The van der Waals surface area contributed by atoms with E-state index in [1.54, 1.807) is 6.20 Å². The molecule has 2 aromatic rings. The van der Waals surface area contributed by atoms with Gasteiger partial charge in [-0.1, -0.05) is 25.1 Å². The minimum absolute atomic E-state index is 0.298. The van der Waals surface area contributed by atoms with Crippen molar-refractivity contribution in [1.29, 1.82) is 0 Å². The lowest BCUT2D eigenvalue weighted by Gasteiger charge is -2.24. The Morgan fingerprint density at radius 1 is 1.44 bits per heavy atom. The maximum atomic E-state index is 6.09. The highest BCUT2D eigenvalue weighted by Crippen LogP contribution is 2.41. The fraction of sp³-hybridized carbons (Fsp3) is 0.308. The first-order valence-corrected chi connectivity index (χ1v) is 5.61. The summed E-state index contributed by atoms with van der Waals surface area (Å²) in [4.78, 5) is 7.51. The molecule has 1 aliphatic heterocycles. The van der Waals surface area contributed by atoms with E-state index >= 15 is 0 Å². The molecule has 1 aliphatic rings. The highest BCUT2D eigenvalue weighted by molar-refractivity contribution is 5.40. The van der Waals surface area contributed by atoms with Gasteiger partial charge in [-0.3, -0.25) is 0 Å². The largest absolute Gasteiger partial charge is 0.479 e. The summed E-state index contributed by atoms with van der Waals surface area (Å²) in [6.07, 6.45) is 5.43. The van der Waals surface area contributed by atoms with E-state index < -0.39 is 0 Å². The molecule has 0 spiro atoms. The third-order valence-corrected chi connectivity index (χ3v) is 3.25. The van der Waals surface area contributed by atoms with Crippen molar-refractivity contribution in [3.8, 4) is 5.75 Å². The highest BCUT2D eigenvalue weighted by atomic mass is 16.5. The van der Waals surface area contributed by atoms with Gasteiger partial charge in [0.25, 0.3) is 0 Å². The van der Waals surface area contributed by atoms with Gasteiger partial charge < -0.3 is 9.72 Å². The van der Waals surface area contributed by atoms with E-state index in [0.29, 0.717) is 0 Å². The van der Waals surface area contributed by atoms with Gasteiger partial charge in [0.05, 0.1) is 0 Å². The van der Waals surface area contributed by atoms with Crippen LogP contribution in [-0.2, 0) is 12.0 Å². The maximum absolute atomic E-state index is 6.09. The molecule has 3 heteroatoms. The normalized spacial score (nSPS) is 22.8. The van der Waals surface area contributed by atoms with Crippen molar-refractivity contribution in [2.24, 2.45) is 0 Å². The molecule has 0 saturated heterocycles. The number of hydrogen-bond donors (Lipinski definition) is 1. The monoisotopic (exact) mass is 214 g/mol. The molecule has 2 heterocycles. The van der Waals surface area contributed by atoms with Gasteiger partial charge in [0.1, 0.15) is 5.75 Å². The Labute approximate surface area is 94.5 Å². The number of hydrogen-bond acceptors (Lipinski definition) is 2. The molecule has 1 N–H and O–H groups in total. The molecule has 1 atom stereocenters. The third kappa shape index (κ3) is 1.24. The molecule has 1 aromatic heterocycles. The number of aromatic amines is 1. The van der Waals surface area contributed by atoms with Crippen molar-refractivity contribution in [3.63, 3.8) is 0 Å². The molecule has 1 unspecified atom stereocenters. The van der Waals surface area contributed by atoms with Gasteiger partial charge in [0.15, 0.2) is 11.4 Å². The zero-order chi connectivity index (χ0) is 11.0. The van der Waals surface area contributed by atoms with Gasteiger partial charge in [-0.2, -0.15) is 0 Å². The standard InChI is InChI=1S/C13H14N2O/c1-2-13(12-14-7-8-15-12)9-10-5-3-4-6-11(10)16-13/h3-8H,2,9H2,1H3,(H,14,15). The summed E-state index contributed by atoms with van der Waals surface area (Å²) in [5.41, 5.74) is 0.966. The number of nitrogens with one attached hydrogen (secondary N) is 1. The molecule has 3 nitrogen and oxygen atoms in total. The lowest BCUT2D eigenvalue weighted by atomic mass is 9.93. The van der Waals surface area contributed by atoms with Gasteiger partial charge in [0.2, 0.25) is 0 Å². The van der Waals surface area contributed by atoms with E-state index in [1.165, 1.54) is 5.56 Å². The smallest absolute Gasteiger partial charge is 0.170 e. The van der Waals surface area contributed by atoms with Gasteiger partial charge >= 0.3 is 0 Å². The van der Waals surface area contributed by atoms with Crippen molar-refractivity contribution in [2.45, 2.75) is 25.4 Å². The summed E-state index contributed by atoms with van der Waals surface area (Å²) in [5.74, 6) is 1.91. The Kier molecular flexibility index (Phi) is 1.99. The van der Waals surface area contributed by atoms with Crippen LogP contribution in [0.15, 0.2) is 36.7 Å². The molecular formula is C13H14N2O. The van der Waals surface area contributed by atoms with E-state index in [1.807, 2.05) is 18.3 Å². The first kappa shape index (κ1) is 9.46. The molecular weight excluding hydrogens is 200 g/mol. The van der Waals surface area contributed by atoms with Crippen LogP contribution in [0, 0.1) is 0 Å². The Morgan fingerprint density at radius 2 is 2.31 bits per heavy atom. The van der Waals surface area contributed by atoms with Crippen LogP contribution in [0.4, 0.5) is 0 Å². The van der Waals surface area contributed by atoms with E-state index in [4.69, 9.17) is 4.74 Å². The Balaban J connectivity index is 2.03. The number of nitrogens with zero attached hydrogens (tertiary/aromatic N) is 1. The predicted octanol–water partition coefficient (Wildman–Crippen LogP) is 2.65. The minimum Gasteiger partial charge on any atom is -0.479 e. The summed E-state index contributed by atoms with van der Waals surface area (Å²) < 4.78 is 6.09. The summed E-state index contributed by atoms with van der Waals surface area (Å²) in [5, 5.41) is 0. The summed E-state index contributed by atoms with van der Waals surface area (Å²) in [6, 6.07) is 8.20. The van der Waals surface area contributed by atoms with Crippen LogP contribution in [0.2, 0.25) is 0 Å². The van der Waals surface area contributed by atoms with E-state index in [0.717, 1.165) is 24.4 Å². The molecule has 82 valence electrons. The molecule has 0 bridgehead atoms. The van der Waals surface area contributed by atoms with E-state index in [2.05, 4.69) is 29.0 Å². The molecule has 0 amide bonds. The average Bonchev–Trinajstić information content (AvgIpc) is 2.96. The zero-order valence-corrected chi connectivity index (χ0v) is 9.23. The second kappa shape index (κ2) is 3.37. The number of aromatic nitrogens is 2. The van der Waals surface area contributed by atoms with Crippen LogP contribution in [0.5, 0.6) is 5.75 Å². The van der Waals surface area contributed by atoms with Gasteiger partial charge in [-0.15, -0.1) is 0 Å². The lowest BCUT2D eigenvalue weighted by molar-refractivity contribution is 0.0792. The van der Waals surface area contributed by atoms with Gasteiger partial charge in [-0.25, -0.2) is 4.98 Å². The fourth-order valence-electron chi connectivity index (χ4n) is 2.31. The third-order valence-electron chi connectivity index (χ3n) is 3.25. The second-order valence-electron chi connectivity index (χ2n) is 4.17. The molecule has 16 heavy (non-hydrogen) atoms. The minimum atomic E-state index is -0.298. The fourth-order valence-corrected chi connectivity index (χ4v) is 2.31. The number of fused-ring (bicyclic) bond motifs is 1. The SMILES string of the molecule is CCC1(c2ncc[nH]2)Cc2ccccc2O1. The summed E-state index contributed by atoms with van der Waals surface area (Å²) in [7, 11) is 0. The number of benzene rings is 1. The van der Waals surface area contributed by atoms with Crippen LogP contribution in [0.3, 0.4) is 0 Å². The van der Waals surface area contributed by atoms with Crippen LogP contribution in [0.1, 0.15) is 24.7 Å². The van der Waals surface area contributed by atoms with E-state index in [-0.39, 0.29) is 5.60 Å². The van der Waals surface area contributed by atoms with Crippen LogP contribution in [0.25, 0.3) is 0 Å². The summed E-state index contributed by atoms with van der Waals surface area (Å²) in [6.45, 7) is 2.13. The second-order valence-corrected chi connectivity index (χ2v) is 4.17. The van der Waals surface area contributed by atoms with Gasteiger partial charge in [0, 0.05) is 18.8 Å². The number of imidazole rings is 1. The average molecular weight is 214 g/mol. The number of rotatable bonds is 2. The number of para-hydroxylation sites is 1. The maximum Gasteiger partial charge on any atom is 0.170 e. The predicted molar refractivity (Wildman–Crippen MR) is 61.3 cm³/mol. The molecule has 1 aromatic carbocycles. The molecule has 3 rings (SSSR count). The van der Waals surface area contributed by atoms with Crippen LogP contribution in [-0.4, -0.2) is 9.97 Å². The molecule has 0 fully saturated rings. The first-order chi connectivity index (χ1) is 7.84. The zero-order valence-electron chi connectivity index (χ0n) is 9.23. The van der Waals surface area contributed by atoms with Crippen molar-refractivity contribution in [3.05, 3.63) is 48.0 Å². The van der Waals surface area contributed by atoms with Crippen molar-refractivity contribution in [1.82, 2.24) is 9.97 Å². The Hall–Kier alpha value is -1.77. The highest BCUT2D eigenvalue weighted by Gasteiger charge is 2.41. The lowest BCUT2D eigenvalue weighted by Crippen LogP contribution is -2.31. The molecule has 0 saturated carbocycles. The quantitative estimate of drug-likeness (QED) is 0.834. The number of ether oxygens (including phenoxy) is 1. The topological polar surface area (TPSA) is 37.9 Å². The van der Waals surface area contributed by atoms with Crippen LogP contribution < -0.4 is 4.74 Å². The molecule has 0 aliphatic carbocycles. The summed E-state index contributed by atoms with van der Waals surface area (Å²) >= 11 is 0. The Morgan fingerprint density at radius 3 is 3.00 bits per heavy atom. The first-order valence-electron chi connectivity index (χ1n) is 5.61. The van der Waals surface area contributed by atoms with Crippen molar-refractivity contribution in [2.75, 3.05) is 0 Å². The Bertz CT molecular complexity index is 465. The number of H-pyrrole nitrogens is 1. The van der Waals surface area contributed by atoms with Crippen molar-refractivity contribution < 1.29 is 4.74 Å². The van der Waals surface area contributed by atoms with E-state index in [9.17, 15) is 0 Å². The van der Waals surface area contributed by atoms with Crippen molar-refractivity contribution >= 4 is 0 Å². The van der Waals surface area contributed by atoms with Gasteiger partial charge in [-0.05, 0) is 18.1 Å². The van der Waals surface area contributed by atoms with Crippen LogP contribution >= 0.6 is 0 Å².